The lowest BCUT2D eigenvalue weighted by molar-refractivity contribution is 0.193. The van der Waals surface area contributed by atoms with Crippen molar-refractivity contribution in [2.24, 2.45) is 0 Å². The molecule has 0 aliphatic rings. The molecule has 56 valence electrons. The zero-order valence-corrected chi connectivity index (χ0v) is 5.83. The van der Waals surface area contributed by atoms with Crippen LogP contribution >= 0.6 is 0 Å². The van der Waals surface area contributed by atoms with Gasteiger partial charge in [-0.25, -0.2) is 0 Å². The molecule has 0 amide bonds. The zero-order chi connectivity index (χ0) is 7.40. The fraction of sp³-hybridized carbons (Fsp3) is 0.500. The first-order valence-electron chi connectivity index (χ1n) is 3.03. The Morgan fingerprint density at radius 1 is 1.80 bits per heavy atom. The maximum atomic E-state index is 5.30. The van der Waals surface area contributed by atoms with Crippen molar-refractivity contribution in [1.29, 1.82) is 0 Å². The van der Waals surface area contributed by atoms with Crippen molar-refractivity contribution in [2.45, 2.75) is 6.42 Å². The van der Waals surface area contributed by atoms with Crippen molar-refractivity contribution in [3.63, 3.8) is 0 Å². The molecule has 0 radical (unpaired) electrons. The van der Waals surface area contributed by atoms with Crippen LogP contribution < -0.4 is 5.73 Å². The van der Waals surface area contributed by atoms with Crippen LogP contribution in [0.2, 0.25) is 0 Å². The monoisotopic (exact) mass is 142 g/mol. The van der Waals surface area contributed by atoms with Gasteiger partial charge in [-0.1, -0.05) is 5.16 Å². The van der Waals surface area contributed by atoms with E-state index in [0.29, 0.717) is 12.4 Å². The number of nitrogen functional groups attached to an aromatic ring is 1. The molecule has 10 heavy (non-hydrogen) atoms. The van der Waals surface area contributed by atoms with E-state index >= 15 is 0 Å². The summed E-state index contributed by atoms with van der Waals surface area (Å²) in [5, 5.41) is 3.52. The lowest BCUT2D eigenvalue weighted by Crippen LogP contribution is -1.91. The van der Waals surface area contributed by atoms with Gasteiger partial charge in [0, 0.05) is 19.6 Å². The highest BCUT2D eigenvalue weighted by Crippen LogP contribution is 2.04. The first-order valence-corrected chi connectivity index (χ1v) is 3.03. The Morgan fingerprint density at radius 3 is 3.10 bits per heavy atom. The Balaban J connectivity index is 2.42. The van der Waals surface area contributed by atoms with Crippen molar-refractivity contribution >= 4 is 5.82 Å². The highest BCUT2D eigenvalue weighted by atomic mass is 16.5. The largest absolute Gasteiger partial charge is 0.384 e. The van der Waals surface area contributed by atoms with Crippen LogP contribution in [0, 0.1) is 0 Å². The average molecular weight is 142 g/mol. The molecule has 0 saturated carbocycles. The van der Waals surface area contributed by atoms with Gasteiger partial charge in [-0.3, -0.25) is 0 Å². The normalized spacial score (nSPS) is 10.1. The molecule has 4 heteroatoms. The maximum Gasteiger partial charge on any atom is 0.167 e. The zero-order valence-electron chi connectivity index (χ0n) is 5.83. The molecule has 1 rings (SSSR count). The van der Waals surface area contributed by atoms with Gasteiger partial charge in [-0.05, 0) is 0 Å². The van der Waals surface area contributed by atoms with E-state index < -0.39 is 0 Å². The minimum Gasteiger partial charge on any atom is -0.384 e. The fourth-order valence-corrected chi connectivity index (χ4v) is 0.649. The Kier molecular flexibility index (Phi) is 2.28. The number of ether oxygens (including phenoxy) is 1. The van der Waals surface area contributed by atoms with Gasteiger partial charge >= 0.3 is 0 Å². The summed E-state index contributed by atoms with van der Waals surface area (Å²) in [5.41, 5.74) is 5.30. The van der Waals surface area contributed by atoms with Crippen LogP contribution in [-0.4, -0.2) is 18.9 Å². The van der Waals surface area contributed by atoms with Crippen LogP contribution in [0.25, 0.3) is 0 Å². The number of nitrogens with two attached hydrogens (primary N) is 1. The summed E-state index contributed by atoms with van der Waals surface area (Å²) < 4.78 is 9.64. The molecular weight excluding hydrogens is 132 g/mol. The number of anilines is 1. The Hall–Kier alpha value is -1.03. The van der Waals surface area contributed by atoms with Crippen LogP contribution in [0.5, 0.6) is 0 Å². The standard InChI is InChI=1S/C6H10N2O2/c1-9-3-2-5-4-6(7)8-10-5/h4H,2-3H2,1H3,(H2,7,8). The maximum absolute atomic E-state index is 5.30. The number of hydrogen-bond acceptors (Lipinski definition) is 4. The SMILES string of the molecule is COCCc1cc(N)no1. The third kappa shape index (κ3) is 1.73. The highest BCUT2D eigenvalue weighted by molar-refractivity contribution is 5.26. The summed E-state index contributed by atoms with van der Waals surface area (Å²) >= 11 is 0. The summed E-state index contributed by atoms with van der Waals surface area (Å²) in [4.78, 5) is 0. The molecule has 1 aromatic heterocycles. The minimum absolute atomic E-state index is 0.422. The van der Waals surface area contributed by atoms with Gasteiger partial charge < -0.3 is 15.0 Å². The minimum atomic E-state index is 0.422. The van der Waals surface area contributed by atoms with Crippen LogP contribution in [0.1, 0.15) is 5.76 Å². The van der Waals surface area contributed by atoms with E-state index in [9.17, 15) is 0 Å². The number of hydrogen-bond donors (Lipinski definition) is 1. The first-order chi connectivity index (χ1) is 4.83. The quantitative estimate of drug-likeness (QED) is 0.665. The number of nitrogens with zero attached hydrogens (tertiary/aromatic N) is 1. The molecule has 1 heterocycles. The van der Waals surface area contributed by atoms with Crippen molar-refractivity contribution < 1.29 is 9.26 Å². The van der Waals surface area contributed by atoms with Gasteiger partial charge in [0.1, 0.15) is 5.76 Å². The molecule has 0 spiro atoms. The van der Waals surface area contributed by atoms with Gasteiger partial charge in [0.2, 0.25) is 0 Å². The third-order valence-electron chi connectivity index (χ3n) is 1.13. The third-order valence-corrected chi connectivity index (χ3v) is 1.13. The van der Waals surface area contributed by atoms with E-state index in [1.807, 2.05) is 0 Å². The van der Waals surface area contributed by atoms with E-state index in [4.69, 9.17) is 15.0 Å². The Morgan fingerprint density at radius 2 is 2.60 bits per heavy atom. The molecular formula is C6H10N2O2. The van der Waals surface area contributed by atoms with Crippen molar-refractivity contribution in [2.75, 3.05) is 19.5 Å². The second-order valence-electron chi connectivity index (χ2n) is 1.96. The summed E-state index contributed by atoms with van der Waals surface area (Å²) in [6, 6.07) is 1.69. The van der Waals surface area contributed by atoms with Crippen molar-refractivity contribution in [3.05, 3.63) is 11.8 Å². The molecule has 0 unspecified atom stereocenters. The van der Waals surface area contributed by atoms with Crippen molar-refractivity contribution in [3.8, 4) is 0 Å². The number of methoxy groups -OCH3 is 1. The first kappa shape index (κ1) is 7.08. The highest BCUT2D eigenvalue weighted by Gasteiger charge is 1.98. The molecule has 4 nitrogen and oxygen atoms in total. The smallest absolute Gasteiger partial charge is 0.167 e. The van der Waals surface area contributed by atoms with E-state index in [2.05, 4.69) is 5.16 Å². The van der Waals surface area contributed by atoms with Crippen LogP contribution in [0.3, 0.4) is 0 Å². The lowest BCUT2D eigenvalue weighted by Gasteiger charge is -1.90. The summed E-state index contributed by atoms with van der Waals surface area (Å²) in [5.74, 6) is 1.19. The van der Waals surface area contributed by atoms with E-state index in [1.165, 1.54) is 0 Å². The summed E-state index contributed by atoms with van der Waals surface area (Å²) in [6.07, 6.45) is 0.723. The molecule has 2 N–H and O–H groups in total. The molecule has 0 fully saturated rings. The molecule has 0 aliphatic heterocycles. The van der Waals surface area contributed by atoms with E-state index in [1.54, 1.807) is 13.2 Å². The molecule has 0 bridgehead atoms. The van der Waals surface area contributed by atoms with E-state index in [-0.39, 0.29) is 0 Å². The molecule has 0 saturated heterocycles. The van der Waals surface area contributed by atoms with Gasteiger partial charge in [0.15, 0.2) is 5.82 Å². The predicted octanol–water partition coefficient (Wildman–Crippen LogP) is 0.446. The van der Waals surface area contributed by atoms with Gasteiger partial charge in [-0.15, -0.1) is 0 Å². The van der Waals surface area contributed by atoms with Crippen LogP contribution in [-0.2, 0) is 11.2 Å². The number of rotatable bonds is 3. The molecule has 1 aromatic rings. The Labute approximate surface area is 58.9 Å². The van der Waals surface area contributed by atoms with Crippen LogP contribution in [0.15, 0.2) is 10.6 Å². The predicted molar refractivity (Wildman–Crippen MR) is 36.5 cm³/mol. The Bertz CT molecular complexity index is 197. The van der Waals surface area contributed by atoms with Crippen molar-refractivity contribution in [1.82, 2.24) is 5.16 Å². The fourth-order valence-electron chi connectivity index (χ4n) is 0.649. The van der Waals surface area contributed by atoms with Gasteiger partial charge in [0.05, 0.1) is 6.61 Å². The summed E-state index contributed by atoms with van der Waals surface area (Å²) in [7, 11) is 1.64. The molecule has 0 aliphatic carbocycles. The van der Waals surface area contributed by atoms with Gasteiger partial charge in [0.25, 0.3) is 0 Å². The van der Waals surface area contributed by atoms with E-state index in [0.717, 1.165) is 12.2 Å². The second-order valence-corrected chi connectivity index (χ2v) is 1.96. The van der Waals surface area contributed by atoms with Gasteiger partial charge in [-0.2, -0.15) is 0 Å². The second kappa shape index (κ2) is 3.22. The molecule has 0 aromatic carbocycles. The number of aromatic nitrogens is 1. The molecule has 0 atom stereocenters. The van der Waals surface area contributed by atoms with Crippen LogP contribution in [0.4, 0.5) is 5.82 Å². The topological polar surface area (TPSA) is 61.3 Å². The summed E-state index contributed by atoms with van der Waals surface area (Å²) in [6.45, 7) is 0.634. The average Bonchev–Trinajstić information content (AvgIpc) is 2.31. The lowest BCUT2D eigenvalue weighted by atomic mass is 10.3.